The fraction of sp³-hybridized carbons (Fsp3) is 0.333. The van der Waals surface area contributed by atoms with Gasteiger partial charge in [0.15, 0.2) is 11.5 Å². The third kappa shape index (κ3) is 4.24. The molecule has 0 aromatic heterocycles. The molecular weight excluding hydrogens is 342 g/mol. The number of rotatable bonds is 7. The summed E-state index contributed by atoms with van der Waals surface area (Å²) < 4.78 is 43.7. The van der Waals surface area contributed by atoms with Gasteiger partial charge >= 0.3 is 0 Å². The summed E-state index contributed by atoms with van der Waals surface area (Å²) in [5.74, 6) is 1.53. The Labute approximate surface area is 148 Å². The minimum Gasteiger partial charge on any atom is -0.496 e. The molecule has 25 heavy (non-hydrogen) atoms. The van der Waals surface area contributed by atoms with Crippen molar-refractivity contribution in [2.75, 3.05) is 21.3 Å². The number of nitrogens with one attached hydrogen (secondary N) is 1. The molecule has 2 aromatic rings. The molecule has 0 unspecified atom stereocenters. The van der Waals surface area contributed by atoms with E-state index in [4.69, 9.17) is 14.2 Å². The molecular formula is C18H23NO5S. The van der Waals surface area contributed by atoms with Crippen molar-refractivity contribution in [1.29, 1.82) is 0 Å². The van der Waals surface area contributed by atoms with Crippen molar-refractivity contribution in [1.82, 2.24) is 4.72 Å². The Hall–Kier alpha value is -2.25. The van der Waals surface area contributed by atoms with E-state index in [0.717, 1.165) is 5.56 Å². The molecule has 136 valence electrons. The van der Waals surface area contributed by atoms with Crippen molar-refractivity contribution in [2.24, 2.45) is 0 Å². The highest BCUT2D eigenvalue weighted by atomic mass is 32.2. The molecule has 0 saturated carbocycles. The summed E-state index contributed by atoms with van der Waals surface area (Å²) in [7, 11) is 0.918. The molecule has 0 heterocycles. The van der Waals surface area contributed by atoms with Crippen LogP contribution in [0.15, 0.2) is 35.2 Å². The number of hydrogen-bond acceptors (Lipinski definition) is 5. The lowest BCUT2D eigenvalue weighted by Gasteiger charge is -2.15. The van der Waals surface area contributed by atoms with Crippen LogP contribution in [0.25, 0.3) is 0 Å². The molecule has 1 N–H and O–H groups in total. The summed E-state index contributed by atoms with van der Waals surface area (Å²) in [5, 5.41) is 0. The zero-order valence-electron chi connectivity index (χ0n) is 15.0. The number of sulfonamides is 1. The third-order valence-corrected chi connectivity index (χ3v) is 5.42. The van der Waals surface area contributed by atoms with Gasteiger partial charge in [0.2, 0.25) is 10.0 Å². The average molecular weight is 365 g/mol. The molecule has 0 fully saturated rings. The summed E-state index contributed by atoms with van der Waals surface area (Å²) in [6.07, 6.45) is 0. The van der Waals surface area contributed by atoms with Gasteiger partial charge in [-0.1, -0.05) is 12.1 Å². The lowest BCUT2D eigenvalue weighted by atomic mass is 10.1. The SMILES string of the molecule is COc1cc(OC)c(OC)cc1CNS(=O)(=O)c1cc(C)ccc1C. The Balaban J connectivity index is 2.32. The smallest absolute Gasteiger partial charge is 0.241 e. The van der Waals surface area contributed by atoms with Gasteiger partial charge in [-0.15, -0.1) is 0 Å². The number of hydrogen-bond donors (Lipinski definition) is 1. The highest BCUT2D eigenvalue weighted by Gasteiger charge is 2.19. The first-order chi connectivity index (χ1) is 11.8. The quantitative estimate of drug-likeness (QED) is 0.817. The molecule has 6 nitrogen and oxygen atoms in total. The summed E-state index contributed by atoms with van der Waals surface area (Å²) >= 11 is 0. The molecule has 2 rings (SSSR count). The Kier molecular flexibility index (Phi) is 5.92. The Morgan fingerprint density at radius 1 is 0.880 bits per heavy atom. The van der Waals surface area contributed by atoms with Crippen LogP contribution in [0.2, 0.25) is 0 Å². The molecule has 7 heteroatoms. The van der Waals surface area contributed by atoms with E-state index in [1.807, 2.05) is 13.0 Å². The van der Waals surface area contributed by atoms with Crippen LogP contribution in [0.4, 0.5) is 0 Å². The van der Waals surface area contributed by atoms with E-state index in [9.17, 15) is 8.42 Å². The van der Waals surface area contributed by atoms with Gasteiger partial charge in [0, 0.05) is 18.2 Å². The number of methoxy groups -OCH3 is 3. The second kappa shape index (κ2) is 7.76. The van der Waals surface area contributed by atoms with E-state index in [-0.39, 0.29) is 11.4 Å². The van der Waals surface area contributed by atoms with Gasteiger partial charge in [-0.3, -0.25) is 0 Å². The molecule has 0 spiro atoms. The highest BCUT2D eigenvalue weighted by Crippen LogP contribution is 2.34. The normalized spacial score (nSPS) is 11.2. The van der Waals surface area contributed by atoms with Crippen molar-refractivity contribution in [3.63, 3.8) is 0 Å². The van der Waals surface area contributed by atoms with Crippen molar-refractivity contribution in [2.45, 2.75) is 25.3 Å². The Morgan fingerprint density at radius 3 is 2.08 bits per heavy atom. The summed E-state index contributed by atoms with van der Waals surface area (Å²) in [6, 6.07) is 8.69. The topological polar surface area (TPSA) is 73.9 Å². The van der Waals surface area contributed by atoms with Crippen molar-refractivity contribution >= 4 is 10.0 Å². The zero-order valence-corrected chi connectivity index (χ0v) is 15.9. The van der Waals surface area contributed by atoms with E-state index in [1.54, 1.807) is 31.2 Å². The predicted octanol–water partition coefficient (Wildman–Crippen LogP) is 2.81. The van der Waals surface area contributed by atoms with Crippen LogP contribution in [0, 0.1) is 13.8 Å². The van der Waals surface area contributed by atoms with Crippen LogP contribution in [0.5, 0.6) is 17.2 Å². The van der Waals surface area contributed by atoms with Gasteiger partial charge in [0.05, 0.1) is 26.2 Å². The average Bonchev–Trinajstić information content (AvgIpc) is 2.61. The van der Waals surface area contributed by atoms with Gasteiger partial charge in [0.25, 0.3) is 0 Å². The van der Waals surface area contributed by atoms with Crippen LogP contribution in [-0.4, -0.2) is 29.7 Å². The molecule has 0 radical (unpaired) electrons. The maximum Gasteiger partial charge on any atom is 0.241 e. The van der Waals surface area contributed by atoms with E-state index < -0.39 is 10.0 Å². The van der Waals surface area contributed by atoms with E-state index in [0.29, 0.717) is 28.4 Å². The van der Waals surface area contributed by atoms with Crippen LogP contribution in [0.3, 0.4) is 0 Å². The van der Waals surface area contributed by atoms with E-state index >= 15 is 0 Å². The fourth-order valence-corrected chi connectivity index (χ4v) is 3.81. The van der Waals surface area contributed by atoms with Crippen molar-refractivity contribution in [3.05, 3.63) is 47.0 Å². The maximum absolute atomic E-state index is 12.6. The van der Waals surface area contributed by atoms with Crippen LogP contribution < -0.4 is 18.9 Å². The molecule has 0 saturated heterocycles. The molecule has 0 aliphatic rings. The van der Waals surface area contributed by atoms with Gasteiger partial charge in [-0.2, -0.15) is 0 Å². The van der Waals surface area contributed by atoms with Crippen molar-refractivity contribution in [3.8, 4) is 17.2 Å². The molecule has 0 atom stereocenters. The standard InChI is InChI=1S/C18H23NO5S/c1-12-6-7-13(2)18(8-12)25(20,21)19-11-14-9-16(23-4)17(24-5)10-15(14)22-3/h6-10,19H,11H2,1-5H3. The summed E-state index contributed by atoms with van der Waals surface area (Å²) in [6.45, 7) is 3.69. The first-order valence-electron chi connectivity index (χ1n) is 7.68. The van der Waals surface area contributed by atoms with Gasteiger partial charge in [0.1, 0.15) is 5.75 Å². The van der Waals surface area contributed by atoms with Crippen LogP contribution in [-0.2, 0) is 16.6 Å². The first kappa shape index (κ1) is 19.1. The second-order valence-electron chi connectivity index (χ2n) is 5.61. The van der Waals surface area contributed by atoms with Crippen molar-refractivity contribution < 1.29 is 22.6 Å². The van der Waals surface area contributed by atoms with E-state index in [2.05, 4.69) is 4.72 Å². The van der Waals surface area contributed by atoms with Crippen LogP contribution in [0.1, 0.15) is 16.7 Å². The summed E-state index contributed by atoms with van der Waals surface area (Å²) in [5.41, 5.74) is 2.22. The number of aryl methyl sites for hydroxylation is 2. The third-order valence-electron chi connectivity index (χ3n) is 3.87. The molecule has 0 aliphatic heterocycles. The predicted molar refractivity (Wildman–Crippen MR) is 96.0 cm³/mol. The maximum atomic E-state index is 12.6. The zero-order chi connectivity index (χ0) is 18.6. The Morgan fingerprint density at radius 2 is 1.48 bits per heavy atom. The molecule has 0 bridgehead atoms. The lowest BCUT2D eigenvalue weighted by Crippen LogP contribution is -2.24. The summed E-state index contributed by atoms with van der Waals surface area (Å²) in [4.78, 5) is 0.270. The monoisotopic (exact) mass is 365 g/mol. The molecule has 0 amide bonds. The van der Waals surface area contributed by atoms with E-state index in [1.165, 1.54) is 21.3 Å². The molecule has 2 aromatic carbocycles. The van der Waals surface area contributed by atoms with Crippen LogP contribution >= 0.6 is 0 Å². The van der Waals surface area contributed by atoms with Gasteiger partial charge in [-0.25, -0.2) is 13.1 Å². The second-order valence-corrected chi connectivity index (χ2v) is 7.35. The lowest BCUT2D eigenvalue weighted by molar-refractivity contribution is 0.347. The number of benzene rings is 2. The Bertz CT molecular complexity index is 862. The molecule has 0 aliphatic carbocycles. The van der Waals surface area contributed by atoms with Gasteiger partial charge < -0.3 is 14.2 Å². The fourth-order valence-electron chi connectivity index (χ4n) is 2.48. The largest absolute Gasteiger partial charge is 0.496 e. The highest BCUT2D eigenvalue weighted by molar-refractivity contribution is 7.89. The van der Waals surface area contributed by atoms with Gasteiger partial charge in [-0.05, 0) is 37.1 Å². The minimum absolute atomic E-state index is 0.0687. The number of ether oxygens (including phenoxy) is 3. The first-order valence-corrected chi connectivity index (χ1v) is 9.16. The minimum atomic E-state index is -3.65.